The lowest BCUT2D eigenvalue weighted by atomic mass is 10.1. The summed E-state index contributed by atoms with van der Waals surface area (Å²) < 4.78 is 5.92. The number of hydrogen-bond donors (Lipinski definition) is 2. The summed E-state index contributed by atoms with van der Waals surface area (Å²) in [5, 5.41) is 16.9. The van der Waals surface area contributed by atoms with Gasteiger partial charge in [-0.05, 0) is 62.0 Å². The highest BCUT2D eigenvalue weighted by Gasteiger charge is 2.16. The number of ether oxygens (including phenoxy) is 1. The van der Waals surface area contributed by atoms with Gasteiger partial charge in [0.25, 0.3) is 11.6 Å². The number of aryl methyl sites for hydroxylation is 2. The van der Waals surface area contributed by atoms with Crippen LogP contribution < -0.4 is 15.4 Å². The summed E-state index contributed by atoms with van der Waals surface area (Å²) >= 11 is 5.16. The monoisotopic (exact) mass is 435 g/mol. The van der Waals surface area contributed by atoms with E-state index in [1.165, 1.54) is 6.07 Å². The maximum absolute atomic E-state index is 12.2. The quantitative estimate of drug-likeness (QED) is 0.328. The number of nitro benzene ring substituents is 1. The van der Waals surface area contributed by atoms with Crippen LogP contribution in [0.25, 0.3) is 0 Å². The molecule has 0 aliphatic rings. The third-order valence-electron chi connectivity index (χ3n) is 4.51. The highest BCUT2D eigenvalue weighted by atomic mass is 32.1. The van der Waals surface area contributed by atoms with Crippen molar-refractivity contribution in [2.45, 2.75) is 20.4 Å². The summed E-state index contributed by atoms with van der Waals surface area (Å²) in [4.78, 5) is 23.1. The summed E-state index contributed by atoms with van der Waals surface area (Å²) in [5.41, 5.74) is 2.84. The predicted molar refractivity (Wildman–Crippen MR) is 122 cm³/mol. The van der Waals surface area contributed by atoms with Crippen molar-refractivity contribution in [2.24, 2.45) is 0 Å². The standard InChI is InChI=1S/C23H21N3O4S/c1-15-8-11-21(16(2)12-15)30-19-9-10-20(26(28)29)18(13-19)14-24-23(31)25-22(27)17-6-4-3-5-7-17/h3-13H,14H2,1-2H3,(H2,24,25,27,31). The van der Waals surface area contributed by atoms with Gasteiger partial charge in [0.05, 0.1) is 10.5 Å². The molecule has 0 spiro atoms. The first-order valence-electron chi connectivity index (χ1n) is 9.50. The van der Waals surface area contributed by atoms with Gasteiger partial charge in [0.15, 0.2) is 5.11 Å². The Balaban J connectivity index is 1.71. The van der Waals surface area contributed by atoms with Gasteiger partial charge >= 0.3 is 0 Å². The Kier molecular flexibility index (Phi) is 6.94. The molecule has 3 aromatic carbocycles. The van der Waals surface area contributed by atoms with Gasteiger partial charge in [-0.2, -0.15) is 0 Å². The molecule has 3 rings (SSSR count). The second-order valence-corrected chi connectivity index (χ2v) is 7.33. The molecule has 0 radical (unpaired) electrons. The molecule has 0 atom stereocenters. The van der Waals surface area contributed by atoms with Crippen LogP contribution in [0.4, 0.5) is 5.69 Å². The van der Waals surface area contributed by atoms with Crippen LogP contribution in [0.3, 0.4) is 0 Å². The first kappa shape index (κ1) is 21.9. The van der Waals surface area contributed by atoms with E-state index in [0.29, 0.717) is 22.6 Å². The zero-order valence-corrected chi connectivity index (χ0v) is 17.9. The highest BCUT2D eigenvalue weighted by molar-refractivity contribution is 7.80. The van der Waals surface area contributed by atoms with Crippen LogP contribution in [0.15, 0.2) is 66.7 Å². The normalized spacial score (nSPS) is 10.3. The van der Waals surface area contributed by atoms with Crippen LogP contribution in [-0.2, 0) is 6.54 Å². The fourth-order valence-electron chi connectivity index (χ4n) is 2.97. The zero-order chi connectivity index (χ0) is 22.4. The van der Waals surface area contributed by atoms with Crippen molar-refractivity contribution in [3.05, 3.63) is 99.1 Å². The number of nitro groups is 1. The average Bonchev–Trinajstić information content (AvgIpc) is 2.75. The number of rotatable bonds is 6. The first-order valence-corrected chi connectivity index (χ1v) is 9.91. The third-order valence-corrected chi connectivity index (χ3v) is 4.75. The molecule has 0 aromatic heterocycles. The number of nitrogens with one attached hydrogen (secondary N) is 2. The van der Waals surface area contributed by atoms with Gasteiger partial charge in [0, 0.05) is 18.2 Å². The molecule has 0 aliphatic carbocycles. The molecule has 0 bridgehead atoms. The van der Waals surface area contributed by atoms with E-state index in [2.05, 4.69) is 10.6 Å². The van der Waals surface area contributed by atoms with Crippen molar-refractivity contribution in [1.82, 2.24) is 10.6 Å². The number of benzene rings is 3. The van der Waals surface area contributed by atoms with E-state index < -0.39 is 4.92 Å². The topological polar surface area (TPSA) is 93.5 Å². The summed E-state index contributed by atoms with van der Waals surface area (Å²) in [6.07, 6.45) is 0. The minimum Gasteiger partial charge on any atom is -0.457 e. The molecule has 2 N–H and O–H groups in total. The second-order valence-electron chi connectivity index (χ2n) is 6.92. The molecule has 0 heterocycles. The largest absolute Gasteiger partial charge is 0.457 e. The van der Waals surface area contributed by atoms with Crippen LogP contribution in [-0.4, -0.2) is 15.9 Å². The predicted octanol–water partition coefficient (Wildman–Crippen LogP) is 4.81. The Morgan fingerprint density at radius 3 is 2.48 bits per heavy atom. The molecule has 1 amide bonds. The molecule has 0 fully saturated rings. The summed E-state index contributed by atoms with van der Waals surface area (Å²) in [7, 11) is 0. The number of carbonyl (C=O) groups excluding carboxylic acids is 1. The molecular weight excluding hydrogens is 414 g/mol. The maximum atomic E-state index is 12.2. The SMILES string of the molecule is Cc1ccc(Oc2ccc([N+](=O)[O-])c(CNC(=S)NC(=O)c3ccccc3)c2)c(C)c1. The molecule has 8 heteroatoms. The van der Waals surface area contributed by atoms with Crippen LogP contribution in [0.1, 0.15) is 27.0 Å². The Bertz CT molecular complexity index is 1130. The Hall–Kier alpha value is -3.78. The minimum absolute atomic E-state index is 0.0499. The number of amides is 1. The second kappa shape index (κ2) is 9.82. The molecule has 0 saturated carbocycles. The van der Waals surface area contributed by atoms with E-state index in [0.717, 1.165) is 11.1 Å². The summed E-state index contributed by atoms with van der Waals surface area (Å²) in [6.45, 7) is 3.98. The molecule has 0 unspecified atom stereocenters. The van der Waals surface area contributed by atoms with Crippen molar-refractivity contribution in [3.8, 4) is 11.5 Å². The molecule has 158 valence electrons. The first-order chi connectivity index (χ1) is 14.8. The summed E-state index contributed by atoms with van der Waals surface area (Å²) in [6, 6.07) is 18.9. The van der Waals surface area contributed by atoms with E-state index in [9.17, 15) is 14.9 Å². The van der Waals surface area contributed by atoms with Crippen molar-refractivity contribution >= 4 is 28.9 Å². The molecular formula is C23H21N3O4S. The minimum atomic E-state index is -0.469. The van der Waals surface area contributed by atoms with Gasteiger partial charge in [0.2, 0.25) is 0 Å². The number of thiocarbonyl (C=S) groups is 1. The molecule has 31 heavy (non-hydrogen) atoms. The lowest BCUT2D eigenvalue weighted by Gasteiger charge is -2.13. The van der Waals surface area contributed by atoms with E-state index >= 15 is 0 Å². The lowest BCUT2D eigenvalue weighted by molar-refractivity contribution is -0.385. The smallest absolute Gasteiger partial charge is 0.274 e. The van der Waals surface area contributed by atoms with Gasteiger partial charge in [0.1, 0.15) is 11.5 Å². The van der Waals surface area contributed by atoms with E-state index in [1.807, 2.05) is 32.0 Å². The Morgan fingerprint density at radius 2 is 1.81 bits per heavy atom. The van der Waals surface area contributed by atoms with E-state index in [4.69, 9.17) is 17.0 Å². The Labute approximate surface area is 185 Å². The molecule has 7 nitrogen and oxygen atoms in total. The van der Waals surface area contributed by atoms with Gasteiger partial charge < -0.3 is 10.1 Å². The molecule has 0 aliphatic heterocycles. The average molecular weight is 436 g/mol. The van der Waals surface area contributed by atoms with Crippen molar-refractivity contribution < 1.29 is 14.5 Å². The van der Waals surface area contributed by atoms with Crippen LogP contribution >= 0.6 is 12.2 Å². The lowest BCUT2D eigenvalue weighted by Crippen LogP contribution is -2.38. The number of carbonyl (C=O) groups is 1. The fraction of sp³-hybridized carbons (Fsp3) is 0.130. The van der Waals surface area contributed by atoms with E-state index in [1.54, 1.807) is 42.5 Å². The van der Waals surface area contributed by atoms with Crippen LogP contribution in [0, 0.1) is 24.0 Å². The van der Waals surface area contributed by atoms with Crippen LogP contribution in [0.2, 0.25) is 0 Å². The van der Waals surface area contributed by atoms with Gasteiger partial charge in [-0.1, -0.05) is 35.9 Å². The number of hydrogen-bond acceptors (Lipinski definition) is 5. The number of nitrogens with zero attached hydrogens (tertiary/aromatic N) is 1. The van der Waals surface area contributed by atoms with Gasteiger partial charge in [-0.15, -0.1) is 0 Å². The highest BCUT2D eigenvalue weighted by Crippen LogP contribution is 2.29. The van der Waals surface area contributed by atoms with Crippen molar-refractivity contribution in [1.29, 1.82) is 0 Å². The molecule has 0 saturated heterocycles. The van der Waals surface area contributed by atoms with Gasteiger partial charge in [-0.3, -0.25) is 20.2 Å². The fourth-order valence-corrected chi connectivity index (χ4v) is 3.14. The van der Waals surface area contributed by atoms with Crippen molar-refractivity contribution in [3.63, 3.8) is 0 Å². The zero-order valence-electron chi connectivity index (χ0n) is 17.0. The summed E-state index contributed by atoms with van der Waals surface area (Å²) in [5.74, 6) is 0.775. The van der Waals surface area contributed by atoms with Gasteiger partial charge in [-0.25, -0.2) is 0 Å². The Morgan fingerprint density at radius 1 is 1.06 bits per heavy atom. The molecule has 3 aromatic rings. The van der Waals surface area contributed by atoms with Crippen LogP contribution in [0.5, 0.6) is 11.5 Å². The maximum Gasteiger partial charge on any atom is 0.274 e. The van der Waals surface area contributed by atoms with E-state index in [-0.39, 0.29) is 23.3 Å². The van der Waals surface area contributed by atoms with Crippen molar-refractivity contribution in [2.75, 3.05) is 0 Å². The third kappa shape index (κ3) is 5.86.